The maximum atomic E-state index is 12.9. The molecule has 4 rings (SSSR count). The van der Waals surface area contributed by atoms with Gasteiger partial charge in [0, 0.05) is 49.2 Å². The van der Waals surface area contributed by atoms with Gasteiger partial charge in [0.2, 0.25) is 5.91 Å². The van der Waals surface area contributed by atoms with Gasteiger partial charge in [0.1, 0.15) is 4.21 Å². The molecule has 2 aliphatic rings. The molecular weight excluding hydrogens is 468 g/mol. The summed E-state index contributed by atoms with van der Waals surface area (Å²) in [7, 11) is -1.38. The van der Waals surface area contributed by atoms with Crippen molar-refractivity contribution in [2.75, 3.05) is 56.5 Å². The van der Waals surface area contributed by atoms with Crippen molar-refractivity contribution in [2.45, 2.75) is 29.9 Å². The minimum absolute atomic E-state index is 0.120. The molecule has 0 aliphatic carbocycles. The molecule has 0 unspecified atom stereocenters. The van der Waals surface area contributed by atoms with Crippen molar-refractivity contribution < 1.29 is 13.2 Å². The van der Waals surface area contributed by atoms with Gasteiger partial charge in [0.05, 0.1) is 17.8 Å². The van der Waals surface area contributed by atoms with E-state index in [2.05, 4.69) is 22.2 Å². The smallest absolute Gasteiger partial charge is 0.252 e. The minimum Gasteiger partial charge on any atom is -0.367 e. The van der Waals surface area contributed by atoms with Crippen molar-refractivity contribution in [1.29, 1.82) is 0 Å². The number of carbonyl (C=O) groups excluding carboxylic acids is 1. The van der Waals surface area contributed by atoms with Gasteiger partial charge >= 0.3 is 0 Å². The summed E-state index contributed by atoms with van der Waals surface area (Å²) in [5, 5.41) is 3.55. The topological polar surface area (TPSA) is 73.0 Å². The number of nitrogens with one attached hydrogen (secondary N) is 1. The summed E-state index contributed by atoms with van der Waals surface area (Å²) < 4.78 is 27.6. The van der Waals surface area contributed by atoms with Gasteiger partial charge < -0.3 is 15.1 Å². The lowest BCUT2D eigenvalue weighted by molar-refractivity contribution is -0.115. The summed E-state index contributed by atoms with van der Waals surface area (Å²) in [5.41, 5.74) is 1.64. The van der Waals surface area contributed by atoms with Gasteiger partial charge in [-0.15, -0.1) is 11.3 Å². The Kier molecular flexibility index (Phi) is 7.41. The number of sulfonamides is 1. The number of hydrogen-bond acceptors (Lipinski definition) is 6. The van der Waals surface area contributed by atoms with E-state index in [9.17, 15) is 13.2 Å². The molecule has 10 heteroatoms. The van der Waals surface area contributed by atoms with Crippen LogP contribution in [0.3, 0.4) is 0 Å². The quantitative estimate of drug-likeness (QED) is 0.662. The molecule has 2 saturated heterocycles. The largest absolute Gasteiger partial charge is 0.367 e. The molecule has 0 spiro atoms. The third-order valence-electron chi connectivity index (χ3n) is 5.96. The van der Waals surface area contributed by atoms with Crippen molar-refractivity contribution >= 4 is 50.2 Å². The molecule has 174 valence electrons. The third-order valence-corrected chi connectivity index (χ3v) is 9.64. The van der Waals surface area contributed by atoms with E-state index >= 15 is 0 Å². The second kappa shape index (κ2) is 10.1. The van der Waals surface area contributed by atoms with Crippen LogP contribution >= 0.6 is 22.9 Å². The van der Waals surface area contributed by atoms with Crippen LogP contribution in [0.5, 0.6) is 0 Å². The van der Waals surface area contributed by atoms with Crippen molar-refractivity contribution in [3.8, 4) is 0 Å². The lowest BCUT2D eigenvalue weighted by Crippen LogP contribution is -2.44. The Morgan fingerprint density at radius 2 is 1.75 bits per heavy atom. The Bertz CT molecular complexity index is 1060. The van der Waals surface area contributed by atoms with E-state index in [1.807, 2.05) is 12.1 Å². The molecule has 2 fully saturated rings. The number of carbonyl (C=O) groups is 1. The number of nitrogens with zero attached hydrogens (tertiary/aromatic N) is 3. The molecule has 0 atom stereocenters. The SMILES string of the molecule is CN1CCN(c2ccc(Cl)cc2NC(=O)Cc2ccc(S(=O)(=O)N3CCCCC3)s2)CC1. The predicted molar refractivity (Wildman–Crippen MR) is 130 cm³/mol. The number of piperazine rings is 1. The monoisotopic (exact) mass is 496 g/mol. The molecular formula is C22H29ClN4O3S2. The van der Waals surface area contributed by atoms with Crippen LogP contribution in [0.4, 0.5) is 11.4 Å². The van der Waals surface area contributed by atoms with E-state index in [4.69, 9.17) is 11.6 Å². The van der Waals surface area contributed by atoms with Crippen molar-refractivity contribution in [2.24, 2.45) is 0 Å². The summed E-state index contributed by atoms with van der Waals surface area (Å²) in [6.45, 7) is 4.81. The zero-order valence-corrected chi connectivity index (χ0v) is 20.6. The molecule has 2 aliphatic heterocycles. The first kappa shape index (κ1) is 23.5. The molecule has 0 bridgehead atoms. The van der Waals surface area contributed by atoms with E-state index < -0.39 is 10.0 Å². The van der Waals surface area contributed by atoms with Crippen molar-refractivity contribution in [3.63, 3.8) is 0 Å². The molecule has 32 heavy (non-hydrogen) atoms. The van der Waals surface area contributed by atoms with Crippen LogP contribution in [0.15, 0.2) is 34.5 Å². The first-order valence-corrected chi connectivity index (χ1v) is 13.6. The second-order valence-electron chi connectivity index (χ2n) is 8.36. The van der Waals surface area contributed by atoms with Gasteiger partial charge in [-0.1, -0.05) is 18.0 Å². The average molecular weight is 497 g/mol. The Hall–Kier alpha value is -1.65. The van der Waals surface area contributed by atoms with Crippen LogP contribution < -0.4 is 10.2 Å². The highest BCUT2D eigenvalue weighted by Gasteiger charge is 2.27. The standard InChI is InChI=1S/C22H29ClN4O3S2/c1-25-11-13-26(14-12-25)20-7-5-17(23)15-19(20)24-21(28)16-18-6-8-22(31-18)32(29,30)27-9-3-2-4-10-27/h5-8,15H,2-4,9-14,16H2,1H3,(H,24,28). The van der Waals surface area contributed by atoms with Crippen molar-refractivity contribution in [1.82, 2.24) is 9.21 Å². The molecule has 7 nitrogen and oxygen atoms in total. The highest BCUT2D eigenvalue weighted by Crippen LogP contribution is 2.31. The first-order valence-electron chi connectivity index (χ1n) is 10.9. The van der Waals surface area contributed by atoms with Gasteiger partial charge in [-0.25, -0.2) is 8.42 Å². The molecule has 1 aromatic heterocycles. The molecule has 1 N–H and O–H groups in total. The molecule has 2 aromatic rings. The van der Waals surface area contributed by atoms with Gasteiger partial charge in [-0.3, -0.25) is 4.79 Å². The number of benzene rings is 1. The fraction of sp³-hybridized carbons (Fsp3) is 0.500. The van der Waals surface area contributed by atoms with Gasteiger partial charge in [-0.05, 0) is 50.2 Å². The molecule has 0 saturated carbocycles. The predicted octanol–water partition coefficient (Wildman–Crippen LogP) is 3.51. The lowest BCUT2D eigenvalue weighted by Gasteiger charge is -2.35. The van der Waals surface area contributed by atoms with Crippen LogP contribution in [0.2, 0.25) is 5.02 Å². The maximum Gasteiger partial charge on any atom is 0.252 e. The van der Waals surface area contributed by atoms with Crippen LogP contribution in [0.25, 0.3) is 0 Å². The Morgan fingerprint density at radius 1 is 1.03 bits per heavy atom. The van der Waals surface area contributed by atoms with Gasteiger partial charge in [0.25, 0.3) is 10.0 Å². The number of amides is 1. The second-order valence-corrected chi connectivity index (χ2v) is 12.1. The van der Waals surface area contributed by atoms with Gasteiger partial charge in [0.15, 0.2) is 0 Å². The van der Waals surface area contributed by atoms with E-state index in [0.29, 0.717) is 28.0 Å². The summed E-state index contributed by atoms with van der Waals surface area (Å²) >= 11 is 7.38. The summed E-state index contributed by atoms with van der Waals surface area (Å²) in [4.78, 5) is 18.1. The number of halogens is 1. The van der Waals surface area contributed by atoms with Crippen LogP contribution in [0, 0.1) is 0 Å². The summed E-state index contributed by atoms with van der Waals surface area (Å²) in [6, 6.07) is 8.90. The molecule has 1 amide bonds. The summed E-state index contributed by atoms with van der Waals surface area (Å²) in [5.74, 6) is -0.189. The minimum atomic E-state index is -3.48. The number of piperidine rings is 1. The summed E-state index contributed by atoms with van der Waals surface area (Å²) in [6.07, 6.45) is 2.99. The number of hydrogen-bond donors (Lipinski definition) is 1. The lowest BCUT2D eigenvalue weighted by atomic mass is 10.2. The highest BCUT2D eigenvalue weighted by molar-refractivity contribution is 7.91. The number of likely N-dealkylation sites (N-methyl/N-ethyl adjacent to an activating group) is 1. The first-order chi connectivity index (χ1) is 15.3. The maximum absolute atomic E-state index is 12.9. The third kappa shape index (κ3) is 5.46. The van der Waals surface area contributed by atoms with Crippen molar-refractivity contribution in [3.05, 3.63) is 40.2 Å². The molecule has 0 radical (unpaired) electrons. The molecule has 3 heterocycles. The van der Waals surface area contributed by atoms with E-state index in [-0.39, 0.29) is 12.3 Å². The Balaban J connectivity index is 1.44. The van der Waals surface area contributed by atoms with Crippen LogP contribution in [-0.2, 0) is 21.2 Å². The number of thiophene rings is 1. The fourth-order valence-corrected chi connectivity index (χ4v) is 7.31. The van der Waals surface area contributed by atoms with Crippen LogP contribution in [-0.4, -0.2) is 69.8 Å². The average Bonchev–Trinajstić information content (AvgIpc) is 3.24. The van der Waals surface area contributed by atoms with E-state index in [1.165, 1.54) is 11.3 Å². The fourth-order valence-electron chi connectivity index (χ4n) is 4.11. The number of anilines is 2. The Morgan fingerprint density at radius 3 is 2.47 bits per heavy atom. The highest BCUT2D eigenvalue weighted by atomic mass is 35.5. The zero-order valence-electron chi connectivity index (χ0n) is 18.2. The normalized spacial score (nSPS) is 18.6. The Labute approximate surface area is 199 Å². The van der Waals surface area contributed by atoms with Crippen LogP contribution in [0.1, 0.15) is 24.1 Å². The zero-order chi connectivity index (χ0) is 22.7. The molecule has 1 aromatic carbocycles. The van der Waals surface area contributed by atoms with E-state index in [1.54, 1.807) is 22.5 Å². The number of rotatable bonds is 6. The van der Waals surface area contributed by atoms with Gasteiger partial charge in [-0.2, -0.15) is 4.31 Å². The van der Waals surface area contributed by atoms with E-state index in [0.717, 1.165) is 56.0 Å².